The first-order valence-corrected chi connectivity index (χ1v) is 6.14. The Labute approximate surface area is 99.9 Å². The van der Waals surface area contributed by atoms with E-state index in [1.807, 2.05) is 19.1 Å². The van der Waals surface area contributed by atoms with Crippen molar-refractivity contribution in [3.8, 4) is 5.75 Å². The highest BCUT2D eigenvalue weighted by atomic mass is 79.9. The van der Waals surface area contributed by atoms with Crippen LogP contribution in [0, 0.1) is 0 Å². The van der Waals surface area contributed by atoms with Gasteiger partial charge in [-0.3, -0.25) is 0 Å². The highest BCUT2D eigenvalue weighted by Gasteiger charge is 2.11. The SMILES string of the molecule is CCOc1ccc(C(CC)CN)c(Br)c1. The van der Waals surface area contributed by atoms with Gasteiger partial charge in [0, 0.05) is 4.47 Å². The van der Waals surface area contributed by atoms with Gasteiger partial charge in [0.15, 0.2) is 0 Å². The van der Waals surface area contributed by atoms with Crippen molar-refractivity contribution in [1.29, 1.82) is 0 Å². The van der Waals surface area contributed by atoms with E-state index in [1.165, 1.54) is 5.56 Å². The lowest BCUT2D eigenvalue weighted by atomic mass is 9.97. The molecule has 0 spiro atoms. The van der Waals surface area contributed by atoms with Crippen LogP contribution in [-0.4, -0.2) is 13.2 Å². The Morgan fingerprint density at radius 1 is 1.40 bits per heavy atom. The van der Waals surface area contributed by atoms with Crippen molar-refractivity contribution in [1.82, 2.24) is 0 Å². The summed E-state index contributed by atoms with van der Waals surface area (Å²) in [7, 11) is 0. The molecule has 1 aromatic rings. The van der Waals surface area contributed by atoms with Gasteiger partial charge in [-0.2, -0.15) is 0 Å². The molecular formula is C12H18BrNO. The van der Waals surface area contributed by atoms with Gasteiger partial charge in [-0.15, -0.1) is 0 Å². The topological polar surface area (TPSA) is 35.2 Å². The van der Waals surface area contributed by atoms with Gasteiger partial charge in [0.1, 0.15) is 5.75 Å². The molecule has 0 amide bonds. The fourth-order valence-electron chi connectivity index (χ4n) is 1.61. The van der Waals surface area contributed by atoms with Crippen LogP contribution in [0.3, 0.4) is 0 Å². The molecule has 1 aromatic carbocycles. The van der Waals surface area contributed by atoms with Gasteiger partial charge in [0.25, 0.3) is 0 Å². The van der Waals surface area contributed by atoms with Crippen LogP contribution in [0.15, 0.2) is 22.7 Å². The summed E-state index contributed by atoms with van der Waals surface area (Å²) in [5.41, 5.74) is 7.00. The van der Waals surface area contributed by atoms with Crippen LogP contribution in [-0.2, 0) is 0 Å². The largest absolute Gasteiger partial charge is 0.494 e. The molecule has 1 rings (SSSR count). The van der Waals surface area contributed by atoms with Crippen LogP contribution in [0.1, 0.15) is 31.7 Å². The van der Waals surface area contributed by atoms with Gasteiger partial charge in [0.2, 0.25) is 0 Å². The van der Waals surface area contributed by atoms with E-state index in [9.17, 15) is 0 Å². The van der Waals surface area contributed by atoms with Crippen molar-refractivity contribution in [2.24, 2.45) is 5.73 Å². The first kappa shape index (κ1) is 12.5. The second-order valence-electron chi connectivity index (χ2n) is 3.46. The Hall–Kier alpha value is -0.540. The first-order chi connectivity index (χ1) is 7.22. The molecule has 1 atom stereocenters. The Balaban J connectivity index is 2.91. The lowest BCUT2D eigenvalue weighted by Crippen LogP contribution is -2.12. The molecule has 3 heteroatoms. The van der Waals surface area contributed by atoms with E-state index in [-0.39, 0.29) is 0 Å². The van der Waals surface area contributed by atoms with E-state index in [2.05, 4.69) is 28.9 Å². The number of nitrogens with two attached hydrogens (primary N) is 1. The van der Waals surface area contributed by atoms with E-state index in [0.717, 1.165) is 16.6 Å². The molecule has 84 valence electrons. The molecule has 0 saturated heterocycles. The van der Waals surface area contributed by atoms with Crippen LogP contribution in [0.2, 0.25) is 0 Å². The molecule has 0 saturated carbocycles. The Bertz CT molecular complexity index is 310. The van der Waals surface area contributed by atoms with Gasteiger partial charge < -0.3 is 10.5 Å². The zero-order valence-electron chi connectivity index (χ0n) is 9.29. The maximum atomic E-state index is 5.73. The maximum absolute atomic E-state index is 5.73. The molecule has 1 unspecified atom stereocenters. The minimum Gasteiger partial charge on any atom is -0.494 e. The summed E-state index contributed by atoms with van der Waals surface area (Å²) in [4.78, 5) is 0. The summed E-state index contributed by atoms with van der Waals surface area (Å²) in [5, 5.41) is 0. The van der Waals surface area contributed by atoms with Gasteiger partial charge in [-0.1, -0.05) is 28.9 Å². The van der Waals surface area contributed by atoms with Gasteiger partial charge in [-0.05, 0) is 43.5 Å². The van der Waals surface area contributed by atoms with Gasteiger partial charge in [0.05, 0.1) is 6.61 Å². The molecule has 0 aliphatic heterocycles. The van der Waals surface area contributed by atoms with Gasteiger partial charge >= 0.3 is 0 Å². The molecule has 0 aliphatic rings. The molecule has 2 N–H and O–H groups in total. The fourth-order valence-corrected chi connectivity index (χ4v) is 2.29. The fraction of sp³-hybridized carbons (Fsp3) is 0.500. The van der Waals surface area contributed by atoms with Crippen LogP contribution in [0.5, 0.6) is 5.75 Å². The molecular weight excluding hydrogens is 254 g/mol. The third-order valence-corrected chi connectivity index (χ3v) is 3.19. The number of rotatable bonds is 5. The van der Waals surface area contributed by atoms with Crippen molar-refractivity contribution >= 4 is 15.9 Å². The second-order valence-corrected chi connectivity index (χ2v) is 4.31. The summed E-state index contributed by atoms with van der Waals surface area (Å²) >= 11 is 3.56. The van der Waals surface area contributed by atoms with Crippen LogP contribution in [0.4, 0.5) is 0 Å². The lowest BCUT2D eigenvalue weighted by molar-refractivity contribution is 0.340. The summed E-state index contributed by atoms with van der Waals surface area (Å²) in [6.07, 6.45) is 1.06. The van der Waals surface area contributed by atoms with Crippen LogP contribution >= 0.6 is 15.9 Å². The van der Waals surface area contributed by atoms with Crippen LogP contribution < -0.4 is 10.5 Å². The number of halogens is 1. The average molecular weight is 272 g/mol. The summed E-state index contributed by atoms with van der Waals surface area (Å²) < 4.78 is 6.52. The van der Waals surface area contributed by atoms with Gasteiger partial charge in [-0.25, -0.2) is 0 Å². The van der Waals surface area contributed by atoms with Crippen LogP contribution in [0.25, 0.3) is 0 Å². The Morgan fingerprint density at radius 3 is 2.60 bits per heavy atom. The molecule has 0 heterocycles. The highest BCUT2D eigenvalue weighted by molar-refractivity contribution is 9.10. The zero-order chi connectivity index (χ0) is 11.3. The van der Waals surface area contributed by atoms with Crippen molar-refractivity contribution in [3.05, 3.63) is 28.2 Å². The molecule has 0 fully saturated rings. The number of hydrogen-bond acceptors (Lipinski definition) is 2. The number of ether oxygens (including phenoxy) is 1. The first-order valence-electron chi connectivity index (χ1n) is 5.35. The molecule has 15 heavy (non-hydrogen) atoms. The normalized spacial score (nSPS) is 12.5. The Morgan fingerprint density at radius 2 is 2.13 bits per heavy atom. The third kappa shape index (κ3) is 3.21. The van der Waals surface area contributed by atoms with Crippen molar-refractivity contribution in [2.75, 3.05) is 13.2 Å². The quantitative estimate of drug-likeness (QED) is 0.892. The standard InChI is InChI=1S/C12H18BrNO/c1-3-9(8-14)11-6-5-10(15-4-2)7-12(11)13/h5-7,9H,3-4,8,14H2,1-2H3. The van der Waals surface area contributed by atoms with E-state index in [0.29, 0.717) is 19.1 Å². The number of hydrogen-bond donors (Lipinski definition) is 1. The van der Waals surface area contributed by atoms with Crippen molar-refractivity contribution in [3.63, 3.8) is 0 Å². The van der Waals surface area contributed by atoms with E-state index in [4.69, 9.17) is 10.5 Å². The minimum atomic E-state index is 0.426. The smallest absolute Gasteiger partial charge is 0.120 e. The summed E-state index contributed by atoms with van der Waals surface area (Å²) in [5.74, 6) is 1.33. The summed E-state index contributed by atoms with van der Waals surface area (Å²) in [6, 6.07) is 6.11. The third-order valence-electron chi connectivity index (χ3n) is 2.50. The molecule has 0 radical (unpaired) electrons. The zero-order valence-corrected chi connectivity index (χ0v) is 10.9. The van der Waals surface area contributed by atoms with E-state index < -0.39 is 0 Å². The average Bonchev–Trinajstić information content (AvgIpc) is 2.23. The Kier molecular flexibility index (Phi) is 5.12. The number of benzene rings is 1. The predicted octanol–water partition coefficient (Wildman–Crippen LogP) is 3.30. The second kappa shape index (κ2) is 6.13. The minimum absolute atomic E-state index is 0.426. The molecule has 0 aromatic heterocycles. The van der Waals surface area contributed by atoms with E-state index >= 15 is 0 Å². The summed E-state index contributed by atoms with van der Waals surface area (Å²) in [6.45, 7) is 5.51. The monoisotopic (exact) mass is 271 g/mol. The van der Waals surface area contributed by atoms with Crippen molar-refractivity contribution < 1.29 is 4.74 Å². The maximum Gasteiger partial charge on any atom is 0.120 e. The molecule has 0 aliphatic carbocycles. The molecule has 2 nitrogen and oxygen atoms in total. The highest BCUT2D eigenvalue weighted by Crippen LogP contribution is 2.30. The van der Waals surface area contributed by atoms with E-state index in [1.54, 1.807) is 0 Å². The predicted molar refractivity (Wildman–Crippen MR) is 67.4 cm³/mol. The lowest BCUT2D eigenvalue weighted by Gasteiger charge is -2.15. The van der Waals surface area contributed by atoms with Crippen molar-refractivity contribution in [2.45, 2.75) is 26.2 Å². The molecule has 0 bridgehead atoms.